The minimum Gasteiger partial charge on any atom is -0.478 e. The molecule has 28 heavy (non-hydrogen) atoms. The van der Waals surface area contributed by atoms with Crippen LogP contribution in [0.1, 0.15) is 55.9 Å². The van der Waals surface area contributed by atoms with Crippen molar-refractivity contribution in [3.8, 4) is 0 Å². The maximum atomic E-state index is 13.1. The van der Waals surface area contributed by atoms with E-state index in [-0.39, 0.29) is 23.4 Å². The van der Waals surface area contributed by atoms with Crippen LogP contribution in [0.2, 0.25) is 0 Å². The second-order valence-corrected chi connectivity index (χ2v) is 7.12. The van der Waals surface area contributed by atoms with Gasteiger partial charge in [-0.25, -0.2) is 4.79 Å². The van der Waals surface area contributed by atoms with Crippen LogP contribution in [-0.2, 0) is 0 Å². The molecule has 0 bridgehead atoms. The Morgan fingerprint density at radius 2 is 1.75 bits per heavy atom. The highest BCUT2D eigenvalue weighted by molar-refractivity contribution is 5.98. The summed E-state index contributed by atoms with van der Waals surface area (Å²) in [5.41, 5.74) is 1.79. The average molecular weight is 380 g/mol. The summed E-state index contributed by atoms with van der Waals surface area (Å²) in [7, 11) is 0. The highest BCUT2D eigenvalue weighted by Crippen LogP contribution is 2.21. The molecule has 2 N–H and O–H groups in total. The molecule has 0 radical (unpaired) electrons. The van der Waals surface area contributed by atoms with E-state index in [0.29, 0.717) is 24.2 Å². The van der Waals surface area contributed by atoms with Crippen molar-refractivity contribution in [2.24, 2.45) is 0 Å². The zero-order chi connectivity index (χ0) is 20.1. The number of nitrogens with one attached hydrogen (secondary N) is 1. The van der Waals surface area contributed by atoms with Crippen molar-refractivity contribution in [3.63, 3.8) is 0 Å². The monoisotopic (exact) mass is 380 g/mol. The number of carbonyl (C=O) groups is 3. The fraction of sp³-hybridized carbons (Fsp3) is 0.318. The number of likely N-dealkylation sites (tertiary alicyclic amines) is 1. The van der Waals surface area contributed by atoms with Gasteiger partial charge in [-0.1, -0.05) is 18.2 Å². The standard InChI is InChI=1S/C22H24N2O4/c1-15-11-17(13-18(12-15)22(27)28)21(26)24-10-6-5-9-19(24)14-23-20(25)16-7-3-2-4-8-16/h2-4,7-8,11-13,19H,5-6,9-10,14H2,1H3,(H,23,25)(H,27,28). The number of carboxylic acid groups (broad SMARTS) is 1. The molecule has 1 aliphatic rings. The number of hydrogen-bond acceptors (Lipinski definition) is 3. The summed E-state index contributed by atoms with van der Waals surface area (Å²) in [4.78, 5) is 38.5. The van der Waals surface area contributed by atoms with Gasteiger partial charge in [-0.15, -0.1) is 0 Å². The quantitative estimate of drug-likeness (QED) is 0.834. The van der Waals surface area contributed by atoms with Crippen LogP contribution in [0.25, 0.3) is 0 Å². The van der Waals surface area contributed by atoms with Crippen LogP contribution in [-0.4, -0.2) is 46.9 Å². The van der Waals surface area contributed by atoms with Crippen LogP contribution in [0, 0.1) is 6.92 Å². The first-order valence-electron chi connectivity index (χ1n) is 9.45. The van der Waals surface area contributed by atoms with Gasteiger partial charge in [-0.2, -0.15) is 0 Å². The van der Waals surface area contributed by atoms with Gasteiger partial charge in [0, 0.05) is 30.3 Å². The Morgan fingerprint density at radius 1 is 1.04 bits per heavy atom. The van der Waals surface area contributed by atoms with Crippen LogP contribution in [0.4, 0.5) is 0 Å². The highest BCUT2D eigenvalue weighted by atomic mass is 16.4. The number of carbonyl (C=O) groups excluding carboxylic acids is 2. The van der Waals surface area contributed by atoms with Crippen molar-refractivity contribution in [2.45, 2.75) is 32.2 Å². The van der Waals surface area contributed by atoms with Gasteiger partial charge in [0.05, 0.1) is 5.56 Å². The van der Waals surface area contributed by atoms with E-state index in [1.165, 1.54) is 6.07 Å². The lowest BCUT2D eigenvalue weighted by atomic mass is 9.99. The average Bonchev–Trinajstić information content (AvgIpc) is 2.71. The second-order valence-electron chi connectivity index (χ2n) is 7.12. The third-order valence-electron chi connectivity index (χ3n) is 4.99. The van der Waals surface area contributed by atoms with Gasteiger partial charge in [0.15, 0.2) is 0 Å². The first kappa shape index (κ1) is 19.6. The molecule has 1 aliphatic heterocycles. The van der Waals surface area contributed by atoms with Gasteiger partial charge >= 0.3 is 5.97 Å². The molecule has 2 aromatic rings. The van der Waals surface area contributed by atoms with Crippen LogP contribution in [0.15, 0.2) is 48.5 Å². The largest absolute Gasteiger partial charge is 0.478 e. The third kappa shape index (κ3) is 4.57. The van der Waals surface area contributed by atoms with Crippen molar-refractivity contribution in [3.05, 3.63) is 70.8 Å². The van der Waals surface area contributed by atoms with Gasteiger partial charge in [0.1, 0.15) is 0 Å². The number of piperidine rings is 1. The van der Waals surface area contributed by atoms with Crippen LogP contribution >= 0.6 is 0 Å². The summed E-state index contributed by atoms with van der Waals surface area (Å²) in [6, 6.07) is 13.5. The van der Waals surface area contributed by atoms with Crippen molar-refractivity contribution in [2.75, 3.05) is 13.1 Å². The summed E-state index contributed by atoms with van der Waals surface area (Å²) in [6.45, 7) is 2.75. The smallest absolute Gasteiger partial charge is 0.335 e. The van der Waals surface area contributed by atoms with Crippen LogP contribution in [0.3, 0.4) is 0 Å². The Kier molecular flexibility index (Phi) is 6.09. The Balaban J connectivity index is 1.73. The van der Waals surface area contributed by atoms with Gasteiger partial charge in [-0.05, 0) is 62.1 Å². The lowest BCUT2D eigenvalue weighted by Gasteiger charge is -2.36. The van der Waals surface area contributed by atoms with Crippen LogP contribution < -0.4 is 5.32 Å². The van der Waals surface area contributed by atoms with Gasteiger partial charge in [0.2, 0.25) is 0 Å². The summed E-state index contributed by atoms with van der Waals surface area (Å²) in [5.74, 6) is -1.41. The predicted molar refractivity (Wildman–Crippen MR) is 106 cm³/mol. The molecular weight excluding hydrogens is 356 g/mol. The molecule has 1 saturated heterocycles. The molecule has 2 aromatic carbocycles. The van der Waals surface area contributed by atoms with E-state index in [4.69, 9.17) is 0 Å². The number of hydrogen-bond donors (Lipinski definition) is 2. The minimum atomic E-state index is -1.05. The minimum absolute atomic E-state index is 0.106. The number of aromatic carboxylic acids is 1. The van der Waals surface area contributed by atoms with Crippen molar-refractivity contribution >= 4 is 17.8 Å². The van der Waals surface area contributed by atoms with Gasteiger partial charge < -0.3 is 15.3 Å². The topological polar surface area (TPSA) is 86.7 Å². The Labute approximate surface area is 164 Å². The van der Waals surface area contributed by atoms with E-state index >= 15 is 0 Å². The first-order chi connectivity index (χ1) is 13.5. The Hall–Kier alpha value is -3.15. The molecule has 3 rings (SSSR count). The Morgan fingerprint density at radius 3 is 2.46 bits per heavy atom. The van der Waals surface area contributed by atoms with Crippen molar-refractivity contribution < 1.29 is 19.5 Å². The molecule has 0 spiro atoms. The number of rotatable bonds is 5. The molecule has 1 fully saturated rings. The van der Waals surface area contributed by atoms with E-state index in [1.54, 1.807) is 36.1 Å². The Bertz CT molecular complexity index is 879. The molecule has 1 atom stereocenters. The summed E-state index contributed by atoms with van der Waals surface area (Å²) >= 11 is 0. The second kappa shape index (κ2) is 8.69. The molecule has 0 aliphatic carbocycles. The molecule has 1 unspecified atom stereocenters. The number of benzene rings is 2. The number of aryl methyl sites for hydroxylation is 1. The molecule has 0 aromatic heterocycles. The lowest BCUT2D eigenvalue weighted by Crippen LogP contribution is -2.49. The van der Waals surface area contributed by atoms with E-state index in [1.807, 2.05) is 18.2 Å². The normalized spacial score (nSPS) is 16.5. The van der Waals surface area contributed by atoms with Crippen molar-refractivity contribution in [1.29, 1.82) is 0 Å². The maximum absolute atomic E-state index is 13.1. The van der Waals surface area contributed by atoms with Crippen LogP contribution in [0.5, 0.6) is 0 Å². The molecule has 2 amide bonds. The fourth-order valence-corrected chi connectivity index (χ4v) is 3.58. The van der Waals surface area contributed by atoms with Gasteiger partial charge in [-0.3, -0.25) is 9.59 Å². The van der Waals surface area contributed by atoms with E-state index in [2.05, 4.69) is 5.32 Å². The molecule has 6 nitrogen and oxygen atoms in total. The van der Waals surface area contributed by atoms with Gasteiger partial charge in [0.25, 0.3) is 11.8 Å². The van der Waals surface area contributed by atoms with Crippen molar-refractivity contribution in [1.82, 2.24) is 10.2 Å². The fourth-order valence-electron chi connectivity index (χ4n) is 3.58. The number of nitrogens with zero attached hydrogens (tertiary/aromatic N) is 1. The number of carboxylic acids is 1. The SMILES string of the molecule is Cc1cc(C(=O)O)cc(C(=O)N2CCCCC2CNC(=O)c2ccccc2)c1. The van der Waals surface area contributed by atoms with E-state index in [9.17, 15) is 19.5 Å². The lowest BCUT2D eigenvalue weighted by molar-refractivity contribution is 0.0602. The molecule has 6 heteroatoms. The van der Waals surface area contributed by atoms with E-state index in [0.717, 1.165) is 24.8 Å². The number of amides is 2. The molecule has 146 valence electrons. The first-order valence-corrected chi connectivity index (χ1v) is 9.45. The summed E-state index contributed by atoms with van der Waals surface area (Å²) in [5, 5.41) is 12.2. The molecule has 1 heterocycles. The zero-order valence-corrected chi connectivity index (χ0v) is 15.9. The maximum Gasteiger partial charge on any atom is 0.335 e. The third-order valence-corrected chi connectivity index (χ3v) is 4.99. The summed E-state index contributed by atoms with van der Waals surface area (Å²) in [6.07, 6.45) is 2.69. The van der Waals surface area contributed by atoms with E-state index < -0.39 is 5.97 Å². The highest BCUT2D eigenvalue weighted by Gasteiger charge is 2.28. The predicted octanol–water partition coefficient (Wildman–Crippen LogP) is 3.12. The molecular formula is C22H24N2O4. The summed E-state index contributed by atoms with van der Waals surface area (Å²) < 4.78 is 0. The zero-order valence-electron chi connectivity index (χ0n) is 15.9. The molecule has 0 saturated carbocycles.